The van der Waals surface area contributed by atoms with Crippen LogP contribution < -0.4 is 10.6 Å². The summed E-state index contributed by atoms with van der Waals surface area (Å²) in [5.74, 6) is -0.557. The lowest BCUT2D eigenvalue weighted by Crippen LogP contribution is -2.51. The molecule has 4 nitrogen and oxygen atoms in total. The number of aliphatic hydroxyl groups is 1. The zero-order valence-electron chi connectivity index (χ0n) is 11.0. The van der Waals surface area contributed by atoms with Gasteiger partial charge in [-0.2, -0.15) is 13.2 Å². The van der Waals surface area contributed by atoms with Gasteiger partial charge in [-0.3, -0.25) is 4.79 Å². The molecule has 1 aromatic rings. The Hall–Kier alpha value is -1.60. The third kappa shape index (κ3) is 3.94. The Balaban J connectivity index is 2.84. The van der Waals surface area contributed by atoms with Gasteiger partial charge in [0.2, 0.25) is 11.5 Å². The first-order valence-corrected chi connectivity index (χ1v) is 6.07. The molecular formula is C13H17F3N2O2. The zero-order chi connectivity index (χ0) is 15.2. The second-order valence-electron chi connectivity index (χ2n) is 4.35. The first kappa shape index (κ1) is 16.5. The van der Waals surface area contributed by atoms with Gasteiger partial charge in [-0.1, -0.05) is 30.3 Å². The number of amides is 1. The summed E-state index contributed by atoms with van der Waals surface area (Å²) in [7, 11) is 1.63. The Labute approximate surface area is 115 Å². The summed E-state index contributed by atoms with van der Waals surface area (Å²) in [6, 6.07) is 6.69. The lowest BCUT2D eigenvalue weighted by atomic mass is 9.93. The number of rotatable bonds is 6. The molecule has 0 aliphatic rings. The average molecular weight is 290 g/mol. The van der Waals surface area contributed by atoms with Crippen molar-refractivity contribution < 1.29 is 23.1 Å². The number of benzene rings is 1. The van der Waals surface area contributed by atoms with Crippen LogP contribution in [-0.2, 0) is 10.4 Å². The number of halogens is 3. The van der Waals surface area contributed by atoms with E-state index in [1.54, 1.807) is 13.1 Å². The normalized spacial score (nSPS) is 14.7. The number of carbonyl (C=O) groups is 1. The van der Waals surface area contributed by atoms with Crippen molar-refractivity contribution in [3.05, 3.63) is 35.9 Å². The molecule has 0 aliphatic heterocycles. The fourth-order valence-corrected chi connectivity index (χ4v) is 1.63. The van der Waals surface area contributed by atoms with Crippen molar-refractivity contribution in [1.29, 1.82) is 0 Å². The highest BCUT2D eigenvalue weighted by Gasteiger charge is 2.55. The van der Waals surface area contributed by atoms with Crippen LogP contribution in [0.5, 0.6) is 0 Å². The minimum atomic E-state index is -4.88. The van der Waals surface area contributed by atoms with Crippen LogP contribution in [0.3, 0.4) is 0 Å². The third-order valence-corrected chi connectivity index (χ3v) is 2.86. The minimum Gasteiger partial charge on any atom is -0.375 e. The molecule has 7 heteroatoms. The van der Waals surface area contributed by atoms with Gasteiger partial charge in [0.1, 0.15) is 0 Å². The molecule has 1 aromatic carbocycles. The Kier molecular flexibility index (Phi) is 5.52. The van der Waals surface area contributed by atoms with Crippen LogP contribution in [0, 0.1) is 0 Å². The van der Waals surface area contributed by atoms with E-state index in [1.165, 1.54) is 24.3 Å². The van der Waals surface area contributed by atoms with E-state index in [9.17, 15) is 23.1 Å². The van der Waals surface area contributed by atoms with Gasteiger partial charge in [-0.25, -0.2) is 0 Å². The van der Waals surface area contributed by atoms with Gasteiger partial charge in [-0.05, 0) is 12.6 Å². The van der Waals surface area contributed by atoms with Gasteiger partial charge in [-0.15, -0.1) is 0 Å². The molecule has 0 fully saturated rings. The molecule has 1 unspecified atom stereocenters. The lowest BCUT2D eigenvalue weighted by Gasteiger charge is -2.31. The molecule has 0 aliphatic carbocycles. The van der Waals surface area contributed by atoms with E-state index in [1.807, 2.05) is 0 Å². The van der Waals surface area contributed by atoms with E-state index >= 15 is 0 Å². The van der Waals surface area contributed by atoms with Gasteiger partial charge in [0.15, 0.2) is 0 Å². The van der Waals surface area contributed by atoms with E-state index < -0.39 is 24.2 Å². The van der Waals surface area contributed by atoms with E-state index in [-0.39, 0.29) is 12.0 Å². The van der Waals surface area contributed by atoms with E-state index in [2.05, 4.69) is 10.6 Å². The molecule has 0 bridgehead atoms. The third-order valence-electron chi connectivity index (χ3n) is 2.86. The van der Waals surface area contributed by atoms with Crippen molar-refractivity contribution in [3.63, 3.8) is 0 Å². The number of hydrogen-bond donors (Lipinski definition) is 3. The van der Waals surface area contributed by atoms with E-state index in [0.29, 0.717) is 6.54 Å². The van der Waals surface area contributed by atoms with Crippen LogP contribution in [0.25, 0.3) is 0 Å². The summed E-state index contributed by atoms with van der Waals surface area (Å²) in [6.45, 7) is -0.565. The standard InChI is InChI=1S/C13H17F3N2O2/c1-17-8-7-11(19)18-9-12(20,13(14,15)16)10-5-3-2-4-6-10/h2-6,17,20H,7-9H2,1H3,(H,18,19). The Bertz CT molecular complexity index is 437. The van der Waals surface area contributed by atoms with Crippen molar-refractivity contribution in [2.45, 2.75) is 18.2 Å². The molecule has 0 saturated carbocycles. The fourth-order valence-electron chi connectivity index (χ4n) is 1.63. The molecular weight excluding hydrogens is 273 g/mol. The molecule has 20 heavy (non-hydrogen) atoms. The van der Waals surface area contributed by atoms with Gasteiger partial charge in [0.05, 0.1) is 6.54 Å². The zero-order valence-corrected chi connectivity index (χ0v) is 11.0. The van der Waals surface area contributed by atoms with Crippen molar-refractivity contribution in [2.24, 2.45) is 0 Å². The number of hydrogen-bond acceptors (Lipinski definition) is 3. The fraction of sp³-hybridized carbons (Fsp3) is 0.462. The van der Waals surface area contributed by atoms with Crippen molar-refractivity contribution in [3.8, 4) is 0 Å². The summed E-state index contributed by atoms with van der Waals surface area (Å²) in [4.78, 5) is 11.4. The van der Waals surface area contributed by atoms with Crippen LogP contribution in [0.2, 0.25) is 0 Å². The molecule has 0 spiro atoms. The van der Waals surface area contributed by atoms with Crippen LogP contribution >= 0.6 is 0 Å². The van der Waals surface area contributed by atoms with Crippen molar-refractivity contribution >= 4 is 5.91 Å². The van der Waals surface area contributed by atoms with E-state index in [0.717, 1.165) is 0 Å². The maximum atomic E-state index is 13.1. The Morgan fingerprint density at radius 1 is 1.25 bits per heavy atom. The molecule has 0 aromatic heterocycles. The highest BCUT2D eigenvalue weighted by atomic mass is 19.4. The van der Waals surface area contributed by atoms with Crippen LogP contribution in [0.4, 0.5) is 13.2 Å². The average Bonchev–Trinajstić information content (AvgIpc) is 2.42. The van der Waals surface area contributed by atoms with Crippen molar-refractivity contribution in [2.75, 3.05) is 20.1 Å². The van der Waals surface area contributed by atoms with Gasteiger partial charge in [0, 0.05) is 13.0 Å². The summed E-state index contributed by atoms with van der Waals surface area (Å²) >= 11 is 0. The second-order valence-corrected chi connectivity index (χ2v) is 4.35. The topological polar surface area (TPSA) is 61.4 Å². The van der Waals surface area contributed by atoms with Gasteiger partial charge in [0.25, 0.3) is 0 Å². The number of alkyl halides is 3. The molecule has 0 heterocycles. The largest absolute Gasteiger partial charge is 0.423 e. The smallest absolute Gasteiger partial charge is 0.375 e. The first-order valence-electron chi connectivity index (χ1n) is 6.07. The van der Waals surface area contributed by atoms with Crippen LogP contribution in [-0.4, -0.2) is 37.3 Å². The maximum Gasteiger partial charge on any atom is 0.423 e. The quantitative estimate of drug-likeness (QED) is 0.737. The van der Waals surface area contributed by atoms with Gasteiger partial charge < -0.3 is 15.7 Å². The predicted molar refractivity (Wildman–Crippen MR) is 67.9 cm³/mol. The van der Waals surface area contributed by atoms with E-state index in [4.69, 9.17) is 0 Å². The van der Waals surface area contributed by atoms with Gasteiger partial charge >= 0.3 is 6.18 Å². The molecule has 1 rings (SSSR count). The SMILES string of the molecule is CNCCC(=O)NCC(O)(c1ccccc1)C(F)(F)F. The maximum absolute atomic E-state index is 13.1. The summed E-state index contributed by atoms with van der Waals surface area (Å²) < 4.78 is 39.2. The highest BCUT2D eigenvalue weighted by molar-refractivity contribution is 5.76. The molecule has 112 valence electrons. The number of carbonyl (C=O) groups excluding carboxylic acids is 1. The Morgan fingerprint density at radius 2 is 1.85 bits per heavy atom. The second kappa shape index (κ2) is 6.71. The first-order chi connectivity index (χ1) is 9.31. The van der Waals surface area contributed by atoms with Crippen LogP contribution in [0.1, 0.15) is 12.0 Å². The summed E-state index contributed by atoms with van der Waals surface area (Å²) in [5.41, 5.74) is -3.40. The van der Waals surface area contributed by atoms with Crippen LogP contribution in [0.15, 0.2) is 30.3 Å². The molecule has 1 atom stereocenters. The summed E-state index contributed by atoms with van der Waals surface area (Å²) in [6.07, 6.45) is -4.84. The summed E-state index contributed by atoms with van der Waals surface area (Å²) in [5, 5.41) is 14.8. The molecule has 3 N–H and O–H groups in total. The number of nitrogens with one attached hydrogen (secondary N) is 2. The Morgan fingerprint density at radius 3 is 2.35 bits per heavy atom. The molecule has 1 amide bonds. The predicted octanol–water partition coefficient (Wildman–Crippen LogP) is 1.16. The minimum absolute atomic E-state index is 0.0409. The lowest BCUT2D eigenvalue weighted by molar-refractivity contribution is -0.264. The monoisotopic (exact) mass is 290 g/mol. The molecule has 0 saturated heterocycles. The molecule has 0 radical (unpaired) electrons. The highest BCUT2D eigenvalue weighted by Crippen LogP contribution is 2.38. The van der Waals surface area contributed by atoms with Crippen molar-refractivity contribution in [1.82, 2.24) is 10.6 Å².